The van der Waals surface area contributed by atoms with Crippen molar-refractivity contribution in [2.75, 3.05) is 39.3 Å². The maximum Gasteiger partial charge on any atom is 0.311 e. The molecular formula is C24H39N3O2. The molecule has 3 saturated heterocycles. The van der Waals surface area contributed by atoms with Gasteiger partial charge in [-0.1, -0.05) is 31.9 Å². The van der Waals surface area contributed by atoms with Crippen molar-refractivity contribution in [3.8, 4) is 0 Å². The molecular weight excluding hydrogens is 362 g/mol. The van der Waals surface area contributed by atoms with E-state index in [1.165, 1.54) is 38.5 Å². The zero-order chi connectivity index (χ0) is 20.0. The van der Waals surface area contributed by atoms with Crippen LogP contribution in [-0.4, -0.2) is 67.3 Å². The third kappa shape index (κ3) is 3.79. The van der Waals surface area contributed by atoms with Crippen LogP contribution in [0.3, 0.4) is 0 Å². The summed E-state index contributed by atoms with van der Waals surface area (Å²) in [5, 5.41) is 3.68. The van der Waals surface area contributed by atoms with Crippen molar-refractivity contribution in [2.45, 2.75) is 71.1 Å². The standard InChI is InChI=1S/C24H39N3O2/c1-17-6-5-8-24(2)15-21-18(14-20(17)24)19(23(28)29-21)16-26-10-12-27(13-11-26)22-7-3-4-9-25-22/h14,17-19,21-22,25H,3-13,15-16H2,1-2H3/t17-,18+,19+,21-,22?,24+/m1/s1. The first-order valence-corrected chi connectivity index (χ1v) is 12.2. The van der Waals surface area contributed by atoms with Crippen LogP contribution in [0.25, 0.3) is 0 Å². The molecule has 4 fully saturated rings. The zero-order valence-corrected chi connectivity index (χ0v) is 18.4. The lowest BCUT2D eigenvalue weighted by Crippen LogP contribution is -2.56. The predicted molar refractivity (Wildman–Crippen MR) is 114 cm³/mol. The van der Waals surface area contributed by atoms with Crippen LogP contribution >= 0.6 is 0 Å². The molecule has 6 atom stereocenters. The van der Waals surface area contributed by atoms with Gasteiger partial charge in [0.1, 0.15) is 6.10 Å². The number of allylic oxidation sites excluding steroid dienone is 1. The average Bonchev–Trinajstić information content (AvgIpc) is 3.01. The van der Waals surface area contributed by atoms with Gasteiger partial charge in [-0.15, -0.1) is 0 Å². The lowest BCUT2D eigenvalue weighted by Gasteiger charge is -2.46. The maximum absolute atomic E-state index is 12.8. The molecule has 5 aliphatic rings. The summed E-state index contributed by atoms with van der Waals surface area (Å²) in [7, 11) is 0. The monoisotopic (exact) mass is 401 g/mol. The van der Waals surface area contributed by atoms with E-state index >= 15 is 0 Å². The van der Waals surface area contributed by atoms with Crippen molar-refractivity contribution >= 4 is 5.97 Å². The number of ether oxygens (including phenoxy) is 1. The van der Waals surface area contributed by atoms with Gasteiger partial charge in [-0.25, -0.2) is 0 Å². The van der Waals surface area contributed by atoms with Crippen molar-refractivity contribution in [3.05, 3.63) is 11.6 Å². The summed E-state index contributed by atoms with van der Waals surface area (Å²) in [5.41, 5.74) is 1.88. The van der Waals surface area contributed by atoms with Crippen LogP contribution in [0, 0.1) is 23.2 Å². The Bertz CT molecular complexity index is 651. The maximum atomic E-state index is 12.8. The Labute approximate surface area is 176 Å². The Kier molecular flexibility index (Phi) is 5.50. The van der Waals surface area contributed by atoms with E-state index < -0.39 is 0 Å². The number of esters is 1. The summed E-state index contributed by atoms with van der Waals surface area (Å²) in [5.74, 6) is 1.05. The molecule has 1 N–H and O–H groups in total. The minimum absolute atomic E-state index is 0.0329. The highest BCUT2D eigenvalue weighted by molar-refractivity contribution is 5.76. The minimum atomic E-state index is 0.0329. The molecule has 0 amide bonds. The van der Waals surface area contributed by atoms with Crippen molar-refractivity contribution in [3.63, 3.8) is 0 Å². The number of nitrogens with zero attached hydrogens (tertiary/aromatic N) is 2. The van der Waals surface area contributed by atoms with Crippen molar-refractivity contribution in [1.82, 2.24) is 15.1 Å². The van der Waals surface area contributed by atoms with Crippen molar-refractivity contribution in [1.29, 1.82) is 0 Å². The van der Waals surface area contributed by atoms with Crippen LogP contribution in [-0.2, 0) is 9.53 Å². The fourth-order valence-corrected chi connectivity index (χ4v) is 6.94. The molecule has 5 heteroatoms. The van der Waals surface area contributed by atoms with E-state index in [1.54, 1.807) is 5.57 Å². The third-order valence-corrected chi connectivity index (χ3v) is 8.67. The molecule has 0 spiro atoms. The molecule has 5 rings (SSSR count). The lowest BCUT2D eigenvalue weighted by molar-refractivity contribution is -0.145. The van der Waals surface area contributed by atoms with Crippen molar-refractivity contribution in [2.24, 2.45) is 23.2 Å². The number of piperazine rings is 1. The molecule has 3 heterocycles. The summed E-state index contributed by atoms with van der Waals surface area (Å²) >= 11 is 0. The number of rotatable bonds is 3. The van der Waals surface area contributed by atoms with Crippen LogP contribution in [0.2, 0.25) is 0 Å². The van der Waals surface area contributed by atoms with Gasteiger partial charge in [-0.2, -0.15) is 0 Å². The molecule has 0 bridgehead atoms. The second-order valence-electron chi connectivity index (χ2n) is 10.6. The van der Waals surface area contributed by atoms with E-state index in [2.05, 4.69) is 35.0 Å². The van der Waals surface area contributed by atoms with E-state index in [-0.39, 0.29) is 23.4 Å². The second kappa shape index (κ2) is 7.97. The van der Waals surface area contributed by atoms with Gasteiger partial charge >= 0.3 is 5.97 Å². The predicted octanol–water partition coefficient (Wildman–Crippen LogP) is 3.02. The zero-order valence-electron chi connectivity index (χ0n) is 18.4. The minimum Gasteiger partial charge on any atom is -0.461 e. The van der Waals surface area contributed by atoms with Gasteiger partial charge in [0.2, 0.25) is 0 Å². The number of fused-ring (bicyclic) bond motifs is 2. The van der Waals surface area contributed by atoms with Crippen LogP contribution in [0.1, 0.15) is 58.8 Å². The van der Waals surface area contributed by atoms with E-state index in [4.69, 9.17) is 4.74 Å². The van der Waals surface area contributed by atoms with E-state index in [0.717, 1.165) is 45.7 Å². The van der Waals surface area contributed by atoms with Gasteiger partial charge in [0.05, 0.1) is 12.1 Å². The first kappa shape index (κ1) is 20.0. The SMILES string of the molecule is C[C@@H]1CCC[C@@]2(C)C[C@H]3OC(=O)[C@@H](CN4CCN(C5CCCCN5)CC4)[C@@H]3C=C12. The first-order chi connectivity index (χ1) is 14.0. The Balaban J connectivity index is 1.23. The first-order valence-electron chi connectivity index (χ1n) is 12.2. The summed E-state index contributed by atoms with van der Waals surface area (Å²) in [6, 6.07) is 0. The summed E-state index contributed by atoms with van der Waals surface area (Å²) in [6.07, 6.45) is 12.0. The molecule has 2 aliphatic carbocycles. The summed E-state index contributed by atoms with van der Waals surface area (Å²) in [4.78, 5) is 18.0. The molecule has 1 unspecified atom stereocenters. The third-order valence-electron chi connectivity index (χ3n) is 8.67. The lowest BCUT2D eigenvalue weighted by atomic mass is 9.59. The second-order valence-corrected chi connectivity index (χ2v) is 10.6. The smallest absolute Gasteiger partial charge is 0.311 e. The van der Waals surface area contributed by atoms with Crippen molar-refractivity contribution < 1.29 is 9.53 Å². The fourth-order valence-electron chi connectivity index (χ4n) is 6.94. The number of nitrogens with one attached hydrogen (secondary N) is 1. The molecule has 0 aromatic heterocycles. The fraction of sp³-hybridized carbons (Fsp3) is 0.875. The molecule has 0 aromatic carbocycles. The number of carbonyl (C=O) groups excluding carboxylic acids is 1. The van der Waals surface area contributed by atoms with Gasteiger partial charge in [-0.3, -0.25) is 14.6 Å². The van der Waals surface area contributed by atoms with Crippen LogP contribution in [0.15, 0.2) is 11.6 Å². The highest BCUT2D eigenvalue weighted by Gasteiger charge is 2.52. The molecule has 3 aliphatic heterocycles. The topological polar surface area (TPSA) is 44.8 Å². The van der Waals surface area contributed by atoms with Crippen LogP contribution < -0.4 is 5.32 Å². The van der Waals surface area contributed by atoms with E-state index in [0.29, 0.717) is 18.0 Å². The van der Waals surface area contributed by atoms with E-state index in [9.17, 15) is 4.79 Å². The largest absolute Gasteiger partial charge is 0.461 e. The Morgan fingerprint density at radius 3 is 2.76 bits per heavy atom. The normalized spacial score (nSPS) is 44.0. The Morgan fingerprint density at radius 2 is 2.00 bits per heavy atom. The summed E-state index contributed by atoms with van der Waals surface area (Å²) in [6.45, 7) is 11.2. The Morgan fingerprint density at radius 1 is 1.17 bits per heavy atom. The molecule has 1 saturated carbocycles. The van der Waals surface area contributed by atoms with Crippen LogP contribution in [0.4, 0.5) is 0 Å². The highest BCUT2D eigenvalue weighted by Crippen LogP contribution is 2.54. The number of piperidine rings is 1. The number of hydrogen-bond donors (Lipinski definition) is 1. The molecule has 0 aromatic rings. The van der Waals surface area contributed by atoms with Gasteiger partial charge in [0.25, 0.3) is 0 Å². The quantitative estimate of drug-likeness (QED) is 0.582. The van der Waals surface area contributed by atoms with Gasteiger partial charge in [0, 0.05) is 38.6 Å². The van der Waals surface area contributed by atoms with Gasteiger partial charge in [-0.05, 0) is 56.4 Å². The van der Waals surface area contributed by atoms with E-state index in [1.807, 2.05) is 0 Å². The average molecular weight is 402 g/mol. The molecule has 162 valence electrons. The summed E-state index contributed by atoms with van der Waals surface area (Å²) < 4.78 is 5.95. The number of hydrogen-bond acceptors (Lipinski definition) is 5. The van der Waals surface area contributed by atoms with Crippen LogP contribution in [0.5, 0.6) is 0 Å². The molecule has 29 heavy (non-hydrogen) atoms. The number of carbonyl (C=O) groups is 1. The van der Waals surface area contributed by atoms with Gasteiger partial charge < -0.3 is 10.1 Å². The highest BCUT2D eigenvalue weighted by atomic mass is 16.6. The van der Waals surface area contributed by atoms with Gasteiger partial charge in [0.15, 0.2) is 0 Å². The Hall–Kier alpha value is -0.910. The molecule has 5 nitrogen and oxygen atoms in total. The molecule has 0 radical (unpaired) electrons.